The molecule has 0 aromatic heterocycles. The molecule has 2 amide bonds. The number of hydrogen-bond acceptors (Lipinski definition) is 4. The number of ether oxygens (including phenoxy) is 2. The first-order valence-electron chi connectivity index (χ1n) is 11.4. The first kappa shape index (κ1) is 22.2. The van der Waals surface area contributed by atoms with E-state index in [0.717, 1.165) is 30.6 Å². The zero-order chi connectivity index (χ0) is 22.7. The van der Waals surface area contributed by atoms with E-state index in [1.807, 2.05) is 44.0 Å². The molecule has 1 aliphatic heterocycles. The Hall–Kier alpha value is -3.02. The highest BCUT2D eigenvalue weighted by atomic mass is 16.5. The summed E-state index contributed by atoms with van der Waals surface area (Å²) in [6.45, 7) is 3.95. The van der Waals surface area contributed by atoms with E-state index in [9.17, 15) is 9.59 Å². The first-order chi connectivity index (χ1) is 15.3. The SMILES string of the molecule is CN(C(=O)c1ccc(NC(=O)COc2cccc3c2OC(C)(C)C3)cc1)C1CCCCC1. The lowest BCUT2D eigenvalue weighted by Crippen LogP contribution is -2.38. The Kier molecular flexibility index (Phi) is 6.40. The number of carbonyl (C=O) groups is 2. The van der Waals surface area contributed by atoms with Gasteiger partial charge >= 0.3 is 0 Å². The van der Waals surface area contributed by atoms with Crippen molar-refractivity contribution in [1.29, 1.82) is 0 Å². The molecule has 32 heavy (non-hydrogen) atoms. The summed E-state index contributed by atoms with van der Waals surface area (Å²) >= 11 is 0. The van der Waals surface area contributed by atoms with Crippen LogP contribution >= 0.6 is 0 Å². The van der Waals surface area contributed by atoms with Crippen LogP contribution in [0.3, 0.4) is 0 Å². The van der Waals surface area contributed by atoms with Gasteiger partial charge in [0.15, 0.2) is 18.1 Å². The molecule has 0 spiro atoms. The number of para-hydroxylation sites is 1. The number of benzene rings is 2. The van der Waals surface area contributed by atoms with E-state index in [0.29, 0.717) is 23.0 Å². The van der Waals surface area contributed by atoms with Gasteiger partial charge in [-0.25, -0.2) is 0 Å². The number of nitrogens with one attached hydrogen (secondary N) is 1. The maximum Gasteiger partial charge on any atom is 0.262 e. The molecule has 2 aliphatic rings. The van der Waals surface area contributed by atoms with Gasteiger partial charge in [0, 0.05) is 36.3 Å². The molecule has 2 aromatic carbocycles. The van der Waals surface area contributed by atoms with Gasteiger partial charge in [-0.05, 0) is 57.0 Å². The third-order valence-corrected chi connectivity index (χ3v) is 6.27. The third kappa shape index (κ3) is 5.06. The van der Waals surface area contributed by atoms with Gasteiger partial charge in [-0.1, -0.05) is 31.4 Å². The second-order valence-electron chi connectivity index (χ2n) is 9.41. The van der Waals surface area contributed by atoms with Crippen LogP contribution in [0.25, 0.3) is 0 Å². The molecule has 170 valence electrons. The molecule has 1 aliphatic carbocycles. The molecule has 1 saturated carbocycles. The molecule has 0 saturated heterocycles. The highest BCUT2D eigenvalue weighted by Gasteiger charge is 2.32. The van der Waals surface area contributed by atoms with E-state index in [4.69, 9.17) is 9.47 Å². The van der Waals surface area contributed by atoms with Crippen LogP contribution in [0.1, 0.15) is 61.9 Å². The monoisotopic (exact) mass is 436 g/mol. The highest BCUT2D eigenvalue weighted by Crippen LogP contribution is 2.41. The number of anilines is 1. The maximum absolute atomic E-state index is 12.8. The van der Waals surface area contributed by atoms with Crippen molar-refractivity contribution in [1.82, 2.24) is 4.90 Å². The van der Waals surface area contributed by atoms with Crippen LogP contribution in [0.15, 0.2) is 42.5 Å². The Morgan fingerprint density at radius 3 is 2.53 bits per heavy atom. The topological polar surface area (TPSA) is 67.9 Å². The van der Waals surface area contributed by atoms with Crippen LogP contribution in [0, 0.1) is 0 Å². The Morgan fingerprint density at radius 1 is 1.09 bits per heavy atom. The Labute approximate surface area is 189 Å². The minimum Gasteiger partial charge on any atom is -0.483 e. The van der Waals surface area contributed by atoms with Crippen molar-refractivity contribution in [2.24, 2.45) is 0 Å². The molecule has 1 N–H and O–H groups in total. The summed E-state index contributed by atoms with van der Waals surface area (Å²) in [5, 5.41) is 2.83. The van der Waals surface area contributed by atoms with E-state index in [2.05, 4.69) is 5.32 Å². The van der Waals surface area contributed by atoms with E-state index in [1.54, 1.807) is 24.3 Å². The van der Waals surface area contributed by atoms with E-state index < -0.39 is 0 Å². The summed E-state index contributed by atoms with van der Waals surface area (Å²) < 4.78 is 11.7. The van der Waals surface area contributed by atoms with Gasteiger partial charge in [-0.15, -0.1) is 0 Å². The molecule has 0 radical (unpaired) electrons. The molecule has 2 aromatic rings. The van der Waals surface area contributed by atoms with Crippen molar-refractivity contribution >= 4 is 17.5 Å². The summed E-state index contributed by atoms with van der Waals surface area (Å²) in [5.41, 5.74) is 2.08. The molecule has 0 bridgehead atoms. The highest BCUT2D eigenvalue weighted by molar-refractivity contribution is 5.96. The number of amides is 2. The molecule has 6 heteroatoms. The van der Waals surface area contributed by atoms with Crippen LogP contribution < -0.4 is 14.8 Å². The van der Waals surface area contributed by atoms with Crippen LogP contribution in [-0.2, 0) is 11.2 Å². The average molecular weight is 437 g/mol. The van der Waals surface area contributed by atoms with E-state index >= 15 is 0 Å². The van der Waals surface area contributed by atoms with Crippen LogP contribution in [-0.4, -0.2) is 42.0 Å². The molecule has 4 rings (SSSR count). The molecule has 1 fully saturated rings. The van der Waals surface area contributed by atoms with Gasteiger partial charge in [0.05, 0.1) is 0 Å². The number of carbonyl (C=O) groups excluding carboxylic acids is 2. The lowest BCUT2D eigenvalue weighted by atomic mass is 9.94. The molecule has 6 nitrogen and oxygen atoms in total. The fourth-order valence-corrected chi connectivity index (χ4v) is 4.58. The molecular formula is C26H32N2O4. The zero-order valence-corrected chi connectivity index (χ0v) is 19.1. The van der Waals surface area contributed by atoms with Crippen LogP contribution in [0.2, 0.25) is 0 Å². The van der Waals surface area contributed by atoms with Gasteiger partial charge in [-0.3, -0.25) is 9.59 Å². The summed E-state index contributed by atoms with van der Waals surface area (Å²) in [6, 6.07) is 13.1. The van der Waals surface area contributed by atoms with Gasteiger partial charge in [0.2, 0.25) is 0 Å². The largest absolute Gasteiger partial charge is 0.483 e. The maximum atomic E-state index is 12.8. The summed E-state index contributed by atoms with van der Waals surface area (Å²) in [7, 11) is 1.89. The van der Waals surface area contributed by atoms with Crippen LogP contribution in [0.5, 0.6) is 11.5 Å². The van der Waals surface area contributed by atoms with Crippen LogP contribution in [0.4, 0.5) is 5.69 Å². The van der Waals surface area contributed by atoms with Crippen molar-refractivity contribution < 1.29 is 19.1 Å². The van der Waals surface area contributed by atoms with Gasteiger partial charge in [0.1, 0.15) is 5.60 Å². The Morgan fingerprint density at radius 2 is 1.81 bits per heavy atom. The Balaban J connectivity index is 1.31. The predicted octanol–water partition coefficient (Wildman–Crippen LogP) is 4.82. The smallest absolute Gasteiger partial charge is 0.262 e. The summed E-state index contributed by atoms with van der Waals surface area (Å²) in [5.74, 6) is 1.06. The van der Waals surface area contributed by atoms with E-state index in [-0.39, 0.29) is 24.0 Å². The van der Waals surface area contributed by atoms with Gasteiger partial charge in [0.25, 0.3) is 11.8 Å². The molecular weight excluding hydrogens is 404 g/mol. The normalized spacial score (nSPS) is 17.2. The second kappa shape index (κ2) is 9.23. The lowest BCUT2D eigenvalue weighted by molar-refractivity contribution is -0.118. The zero-order valence-electron chi connectivity index (χ0n) is 19.1. The molecule has 0 atom stereocenters. The molecule has 0 unspecified atom stereocenters. The van der Waals surface area contributed by atoms with Crippen molar-refractivity contribution in [2.75, 3.05) is 19.0 Å². The predicted molar refractivity (Wildman–Crippen MR) is 124 cm³/mol. The fraction of sp³-hybridized carbons (Fsp3) is 0.462. The minimum atomic E-state index is -0.270. The second-order valence-corrected chi connectivity index (χ2v) is 9.41. The average Bonchev–Trinajstić information content (AvgIpc) is 3.12. The Bertz CT molecular complexity index is 978. The fourth-order valence-electron chi connectivity index (χ4n) is 4.58. The standard InChI is InChI=1S/C26H32N2O4/c1-26(2)16-19-8-7-11-22(24(19)32-26)31-17-23(29)27-20-14-12-18(13-15-20)25(30)28(3)21-9-5-4-6-10-21/h7-8,11-15,21H,4-6,9-10,16-17H2,1-3H3,(H,27,29). The number of rotatable bonds is 6. The van der Waals surface area contributed by atoms with Crippen molar-refractivity contribution in [2.45, 2.75) is 64.0 Å². The number of hydrogen-bond donors (Lipinski definition) is 1. The minimum absolute atomic E-state index is 0.0268. The van der Waals surface area contributed by atoms with Gasteiger partial charge < -0.3 is 19.7 Å². The third-order valence-electron chi connectivity index (χ3n) is 6.27. The summed E-state index contributed by atoms with van der Waals surface area (Å²) in [4.78, 5) is 27.0. The quantitative estimate of drug-likeness (QED) is 0.705. The number of fused-ring (bicyclic) bond motifs is 1. The van der Waals surface area contributed by atoms with Crippen molar-refractivity contribution in [3.8, 4) is 11.5 Å². The van der Waals surface area contributed by atoms with Gasteiger partial charge in [-0.2, -0.15) is 0 Å². The molecule has 1 heterocycles. The first-order valence-corrected chi connectivity index (χ1v) is 11.4. The number of nitrogens with zero attached hydrogens (tertiary/aromatic N) is 1. The lowest BCUT2D eigenvalue weighted by Gasteiger charge is -2.31. The summed E-state index contributed by atoms with van der Waals surface area (Å²) in [6.07, 6.45) is 6.59. The van der Waals surface area contributed by atoms with Crippen molar-refractivity contribution in [3.05, 3.63) is 53.6 Å². The van der Waals surface area contributed by atoms with Crippen molar-refractivity contribution in [3.63, 3.8) is 0 Å². The van der Waals surface area contributed by atoms with E-state index in [1.165, 1.54) is 19.3 Å².